The van der Waals surface area contributed by atoms with E-state index in [1.54, 1.807) is 0 Å². The Morgan fingerprint density at radius 2 is 0.745 bits per heavy atom. The minimum atomic E-state index is -1.29. The fraction of sp³-hybridized carbons (Fsp3) is 0.898. The molecule has 4 atom stereocenters. The van der Waals surface area contributed by atoms with Crippen LogP contribution in [-0.4, -0.2) is 57.3 Å². The van der Waals surface area contributed by atoms with E-state index in [9.17, 15) is 25.2 Å². The molecule has 326 valence electrons. The lowest BCUT2D eigenvalue weighted by molar-refractivity contribution is -0.132. The third-order valence-electron chi connectivity index (χ3n) is 11.4. The summed E-state index contributed by atoms with van der Waals surface area (Å²) < 4.78 is 0. The molecule has 0 rings (SSSR count). The molecular formula is C49H95NO5. The third kappa shape index (κ3) is 38.1. The Labute approximate surface area is 342 Å². The summed E-state index contributed by atoms with van der Waals surface area (Å²) in [6.07, 6.45) is 51.4. The highest BCUT2D eigenvalue weighted by molar-refractivity contribution is 5.80. The van der Waals surface area contributed by atoms with Crippen LogP contribution in [0.5, 0.6) is 0 Å². The molecule has 0 bridgehead atoms. The van der Waals surface area contributed by atoms with Gasteiger partial charge in [-0.2, -0.15) is 0 Å². The van der Waals surface area contributed by atoms with Gasteiger partial charge in [-0.3, -0.25) is 4.79 Å². The normalized spacial score (nSPS) is 14.2. The van der Waals surface area contributed by atoms with Gasteiger partial charge in [0.05, 0.1) is 18.8 Å². The van der Waals surface area contributed by atoms with Gasteiger partial charge in [-0.25, -0.2) is 0 Å². The van der Waals surface area contributed by atoms with Gasteiger partial charge in [0.1, 0.15) is 12.2 Å². The van der Waals surface area contributed by atoms with E-state index >= 15 is 0 Å². The van der Waals surface area contributed by atoms with Crippen LogP contribution >= 0.6 is 0 Å². The number of carbonyl (C=O) groups excluding carboxylic acids is 1. The van der Waals surface area contributed by atoms with Crippen LogP contribution in [-0.2, 0) is 4.79 Å². The van der Waals surface area contributed by atoms with Gasteiger partial charge in [0.2, 0.25) is 5.91 Å². The van der Waals surface area contributed by atoms with Crippen molar-refractivity contribution in [1.29, 1.82) is 0 Å². The molecule has 1 amide bonds. The van der Waals surface area contributed by atoms with Crippen LogP contribution in [0.3, 0.4) is 0 Å². The summed E-state index contributed by atoms with van der Waals surface area (Å²) in [4.78, 5) is 12.4. The van der Waals surface area contributed by atoms with Crippen molar-refractivity contribution in [2.45, 2.75) is 276 Å². The Hall–Kier alpha value is -1.21. The molecule has 5 N–H and O–H groups in total. The quantitative estimate of drug-likeness (QED) is 0.0313. The van der Waals surface area contributed by atoms with Crippen molar-refractivity contribution in [3.05, 3.63) is 24.3 Å². The number of unbranched alkanes of at least 4 members (excludes halogenated alkanes) is 31. The molecule has 0 heterocycles. The van der Waals surface area contributed by atoms with Crippen LogP contribution < -0.4 is 5.32 Å². The fourth-order valence-corrected chi connectivity index (χ4v) is 7.53. The molecular weight excluding hydrogens is 683 g/mol. The highest BCUT2D eigenvalue weighted by Gasteiger charge is 2.28. The number of aliphatic hydroxyl groups is 4. The van der Waals surface area contributed by atoms with Crippen molar-refractivity contribution < 1.29 is 25.2 Å². The molecule has 4 unspecified atom stereocenters. The largest absolute Gasteiger partial charge is 0.394 e. The van der Waals surface area contributed by atoms with Crippen molar-refractivity contribution in [1.82, 2.24) is 5.32 Å². The molecule has 0 aliphatic carbocycles. The van der Waals surface area contributed by atoms with E-state index in [0.717, 1.165) is 25.7 Å². The molecule has 0 aromatic heterocycles. The smallest absolute Gasteiger partial charge is 0.249 e. The van der Waals surface area contributed by atoms with Gasteiger partial charge in [-0.1, -0.05) is 218 Å². The van der Waals surface area contributed by atoms with E-state index in [4.69, 9.17) is 0 Å². The van der Waals surface area contributed by atoms with Crippen molar-refractivity contribution in [3.63, 3.8) is 0 Å². The Morgan fingerprint density at radius 3 is 1.11 bits per heavy atom. The zero-order valence-corrected chi connectivity index (χ0v) is 36.7. The summed E-state index contributed by atoms with van der Waals surface area (Å²) in [5, 5.41) is 43.4. The highest BCUT2D eigenvalue weighted by Crippen LogP contribution is 2.17. The summed E-state index contributed by atoms with van der Waals surface area (Å²) >= 11 is 0. The first kappa shape index (κ1) is 53.8. The summed E-state index contributed by atoms with van der Waals surface area (Å²) in [7, 11) is 0. The molecule has 0 fully saturated rings. The summed E-state index contributed by atoms with van der Waals surface area (Å²) in [6, 6.07) is -1.01. The van der Waals surface area contributed by atoms with Crippen LogP contribution in [0.4, 0.5) is 0 Å². The highest BCUT2D eigenvalue weighted by atomic mass is 16.3. The SMILES string of the molecule is CCCCCC/C=C\CCC(O)C(=O)NC(CO)C(O)C(O)CCC/C=C/CCCCCCCCCCCCCCCCCCCCCCCCCCCC. The minimum absolute atomic E-state index is 0.278. The lowest BCUT2D eigenvalue weighted by Gasteiger charge is -2.27. The number of hydrogen-bond donors (Lipinski definition) is 5. The minimum Gasteiger partial charge on any atom is -0.394 e. The average molecular weight is 778 g/mol. The molecule has 6 nitrogen and oxygen atoms in total. The molecule has 6 heteroatoms. The van der Waals surface area contributed by atoms with E-state index in [0.29, 0.717) is 19.3 Å². The van der Waals surface area contributed by atoms with Gasteiger partial charge < -0.3 is 25.7 Å². The molecule has 0 aromatic carbocycles. The first-order valence-corrected chi connectivity index (χ1v) is 24.2. The zero-order chi connectivity index (χ0) is 40.3. The molecule has 0 aliphatic heterocycles. The zero-order valence-electron chi connectivity index (χ0n) is 36.7. The Bertz CT molecular complexity index is 832. The standard InChI is InChI=1S/C49H95NO5/c1-3-5-7-9-11-13-14-15-16-17-18-19-20-21-22-23-24-25-26-27-28-29-30-31-32-33-34-35-37-38-40-42-46(52)48(54)45(44-51)50-49(55)47(53)43-41-39-36-12-10-8-6-4-2/h35-37,39,45-48,51-54H,3-34,38,40-44H2,1-2H3,(H,50,55)/b37-35+,39-36-. The predicted molar refractivity (Wildman–Crippen MR) is 237 cm³/mol. The third-order valence-corrected chi connectivity index (χ3v) is 11.4. The monoisotopic (exact) mass is 778 g/mol. The summed E-state index contributed by atoms with van der Waals surface area (Å²) in [5.74, 6) is -0.629. The summed E-state index contributed by atoms with van der Waals surface area (Å²) in [5.41, 5.74) is 0. The van der Waals surface area contributed by atoms with Crippen LogP contribution in [0, 0.1) is 0 Å². The van der Waals surface area contributed by atoms with Crippen LogP contribution in [0.15, 0.2) is 24.3 Å². The van der Waals surface area contributed by atoms with Gasteiger partial charge in [0.25, 0.3) is 0 Å². The molecule has 0 aliphatic rings. The van der Waals surface area contributed by atoms with Crippen molar-refractivity contribution in [2.24, 2.45) is 0 Å². The number of rotatable bonds is 44. The van der Waals surface area contributed by atoms with Crippen LogP contribution in [0.1, 0.15) is 251 Å². The number of hydrogen-bond acceptors (Lipinski definition) is 5. The summed E-state index contributed by atoms with van der Waals surface area (Å²) in [6.45, 7) is 3.98. The van der Waals surface area contributed by atoms with Crippen LogP contribution in [0.25, 0.3) is 0 Å². The maximum Gasteiger partial charge on any atom is 0.249 e. The average Bonchev–Trinajstić information content (AvgIpc) is 3.19. The van der Waals surface area contributed by atoms with E-state index < -0.39 is 36.9 Å². The maximum absolute atomic E-state index is 12.4. The number of amides is 1. The Kier molecular flexibility index (Phi) is 42.9. The molecule has 0 aromatic rings. The van der Waals surface area contributed by atoms with Crippen molar-refractivity contribution >= 4 is 5.91 Å². The second-order valence-corrected chi connectivity index (χ2v) is 16.8. The van der Waals surface area contributed by atoms with Crippen LogP contribution in [0.2, 0.25) is 0 Å². The topological polar surface area (TPSA) is 110 Å². The van der Waals surface area contributed by atoms with Gasteiger partial charge in [-0.05, 0) is 57.8 Å². The van der Waals surface area contributed by atoms with Gasteiger partial charge in [0.15, 0.2) is 0 Å². The lowest BCUT2D eigenvalue weighted by Crippen LogP contribution is -2.53. The van der Waals surface area contributed by atoms with Crippen molar-refractivity contribution in [3.8, 4) is 0 Å². The molecule has 55 heavy (non-hydrogen) atoms. The van der Waals surface area contributed by atoms with E-state index in [2.05, 4.69) is 37.4 Å². The van der Waals surface area contributed by atoms with E-state index in [1.165, 1.54) is 186 Å². The molecule has 0 saturated carbocycles. The Balaban J connectivity index is 3.56. The van der Waals surface area contributed by atoms with Gasteiger partial charge in [0, 0.05) is 0 Å². The molecule has 0 radical (unpaired) electrons. The number of nitrogens with one attached hydrogen (secondary N) is 1. The van der Waals surface area contributed by atoms with Gasteiger partial charge >= 0.3 is 0 Å². The second kappa shape index (κ2) is 43.9. The van der Waals surface area contributed by atoms with Gasteiger partial charge in [-0.15, -0.1) is 0 Å². The molecule has 0 spiro atoms. The maximum atomic E-state index is 12.4. The Morgan fingerprint density at radius 1 is 0.436 bits per heavy atom. The predicted octanol–water partition coefficient (Wildman–Crippen LogP) is 13.1. The number of carbonyl (C=O) groups is 1. The lowest BCUT2D eigenvalue weighted by atomic mass is 10.00. The van der Waals surface area contributed by atoms with Crippen molar-refractivity contribution in [2.75, 3.05) is 6.61 Å². The van der Waals surface area contributed by atoms with E-state index in [1.807, 2.05) is 6.08 Å². The van der Waals surface area contributed by atoms with E-state index in [-0.39, 0.29) is 6.42 Å². The fourth-order valence-electron chi connectivity index (χ4n) is 7.53. The first-order valence-electron chi connectivity index (χ1n) is 24.2. The number of aliphatic hydroxyl groups excluding tert-OH is 4. The first-order chi connectivity index (χ1) is 27.0. The molecule has 0 saturated heterocycles. The number of allylic oxidation sites excluding steroid dienone is 4. The second-order valence-electron chi connectivity index (χ2n) is 16.8.